The molecule has 3 rings (SSSR count). The van der Waals surface area contributed by atoms with Gasteiger partial charge in [-0.1, -0.05) is 0 Å². The molecule has 98 valence electrons. The van der Waals surface area contributed by atoms with Crippen LogP contribution in [0.5, 0.6) is 0 Å². The van der Waals surface area contributed by atoms with Gasteiger partial charge in [-0.15, -0.1) is 0 Å². The molecule has 1 fully saturated rings. The van der Waals surface area contributed by atoms with E-state index in [0.29, 0.717) is 5.92 Å². The summed E-state index contributed by atoms with van der Waals surface area (Å²) < 4.78 is 0. The van der Waals surface area contributed by atoms with Crippen LogP contribution in [0.3, 0.4) is 0 Å². The van der Waals surface area contributed by atoms with Crippen molar-refractivity contribution < 1.29 is 0 Å². The topological polar surface area (TPSA) is 41.9 Å². The first-order valence-corrected chi connectivity index (χ1v) is 6.77. The molecule has 0 saturated carbocycles. The Bertz CT molecular complexity index is 533. The molecule has 0 aliphatic carbocycles. The molecule has 0 N–H and O–H groups in total. The highest BCUT2D eigenvalue weighted by Gasteiger charge is 2.21. The third-order valence-electron chi connectivity index (χ3n) is 3.72. The molecule has 2 aromatic heterocycles. The van der Waals surface area contributed by atoms with E-state index in [4.69, 9.17) is 0 Å². The standard InChI is InChI=1S/C15H18N4/c1-12-11-14(3-8-16-12)13-4-9-19(10-5-13)15-17-6-2-7-18-15/h2-3,6-8,11,13H,4-5,9-10H2,1H3. The molecule has 3 heterocycles. The van der Waals surface area contributed by atoms with Crippen molar-refractivity contribution in [3.8, 4) is 0 Å². The predicted octanol–water partition coefficient (Wildman–Crippen LogP) is 2.56. The molecule has 1 saturated heterocycles. The number of anilines is 1. The van der Waals surface area contributed by atoms with Gasteiger partial charge in [-0.25, -0.2) is 9.97 Å². The number of aryl methyl sites for hydroxylation is 1. The van der Waals surface area contributed by atoms with E-state index in [1.807, 2.05) is 12.3 Å². The monoisotopic (exact) mass is 254 g/mol. The highest BCUT2D eigenvalue weighted by Crippen LogP contribution is 2.29. The normalized spacial score (nSPS) is 16.6. The molecule has 4 heteroatoms. The van der Waals surface area contributed by atoms with E-state index in [-0.39, 0.29) is 0 Å². The summed E-state index contributed by atoms with van der Waals surface area (Å²) in [5.74, 6) is 1.49. The highest BCUT2D eigenvalue weighted by atomic mass is 15.2. The second-order valence-corrected chi connectivity index (χ2v) is 5.04. The Morgan fingerprint density at radius 1 is 1.05 bits per heavy atom. The maximum atomic E-state index is 4.32. The lowest BCUT2D eigenvalue weighted by Gasteiger charge is -2.32. The summed E-state index contributed by atoms with van der Waals surface area (Å²) in [7, 11) is 0. The quantitative estimate of drug-likeness (QED) is 0.826. The van der Waals surface area contributed by atoms with Gasteiger partial charge in [0, 0.05) is 37.4 Å². The molecule has 0 radical (unpaired) electrons. The number of rotatable bonds is 2. The van der Waals surface area contributed by atoms with Gasteiger partial charge in [-0.2, -0.15) is 0 Å². The van der Waals surface area contributed by atoms with Gasteiger partial charge in [0.15, 0.2) is 0 Å². The molecular weight excluding hydrogens is 236 g/mol. The van der Waals surface area contributed by atoms with Crippen molar-refractivity contribution in [3.05, 3.63) is 48.0 Å². The van der Waals surface area contributed by atoms with E-state index in [1.54, 1.807) is 12.4 Å². The van der Waals surface area contributed by atoms with Gasteiger partial charge in [0.05, 0.1) is 0 Å². The van der Waals surface area contributed by atoms with Crippen molar-refractivity contribution in [2.24, 2.45) is 0 Å². The minimum absolute atomic E-state index is 0.640. The predicted molar refractivity (Wildman–Crippen MR) is 75.2 cm³/mol. The fraction of sp³-hybridized carbons (Fsp3) is 0.400. The number of nitrogens with zero attached hydrogens (tertiary/aromatic N) is 4. The lowest BCUT2D eigenvalue weighted by molar-refractivity contribution is 0.499. The first-order valence-electron chi connectivity index (χ1n) is 6.77. The average molecular weight is 254 g/mol. The molecule has 0 atom stereocenters. The van der Waals surface area contributed by atoms with Crippen molar-refractivity contribution in [2.75, 3.05) is 18.0 Å². The Balaban J connectivity index is 1.67. The summed E-state index contributed by atoms with van der Waals surface area (Å²) in [6.45, 7) is 4.10. The summed E-state index contributed by atoms with van der Waals surface area (Å²) >= 11 is 0. The Morgan fingerprint density at radius 2 is 1.79 bits per heavy atom. The van der Waals surface area contributed by atoms with Gasteiger partial charge in [-0.05, 0) is 49.4 Å². The van der Waals surface area contributed by atoms with Crippen molar-refractivity contribution in [1.29, 1.82) is 0 Å². The van der Waals surface area contributed by atoms with Crippen LogP contribution in [0, 0.1) is 6.92 Å². The zero-order chi connectivity index (χ0) is 13.1. The third-order valence-corrected chi connectivity index (χ3v) is 3.72. The van der Waals surface area contributed by atoms with Gasteiger partial charge in [-0.3, -0.25) is 4.98 Å². The molecule has 0 unspecified atom stereocenters. The van der Waals surface area contributed by atoms with E-state index in [9.17, 15) is 0 Å². The maximum Gasteiger partial charge on any atom is 0.225 e. The van der Waals surface area contributed by atoms with Crippen molar-refractivity contribution in [1.82, 2.24) is 15.0 Å². The van der Waals surface area contributed by atoms with Crippen LogP contribution >= 0.6 is 0 Å². The van der Waals surface area contributed by atoms with E-state index >= 15 is 0 Å². The van der Waals surface area contributed by atoms with Gasteiger partial charge < -0.3 is 4.90 Å². The minimum atomic E-state index is 0.640. The second-order valence-electron chi connectivity index (χ2n) is 5.04. The van der Waals surface area contributed by atoms with Gasteiger partial charge in [0.1, 0.15) is 0 Å². The Morgan fingerprint density at radius 3 is 2.47 bits per heavy atom. The van der Waals surface area contributed by atoms with Crippen LogP contribution in [-0.4, -0.2) is 28.0 Å². The van der Waals surface area contributed by atoms with E-state index < -0.39 is 0 Å². The molecule has 1 aliphatic rings. The van der Waals surface area contributed by atoms with E-state index in [0.717, 1.165) is 37.6 Å². The second kappa shape index (κ2) is 5.34. The lowest BCUT2D eigenvalue weighted by atomic mass is 9.90. The average Bonchev–Trinajstić information content (AvgIpc) is 2.48. The highest BCUT2D eigenvalue weighted by molar-refractivity contribution is 5.31. The van der Waals surface area contributed by atoms with Crippen LogP contribution < -0.4 is 4.90 Å². The number of hydrogen-bond acceptors (Lipinski definition) is 4. The summed E-state index contributed by atoms with van der Waals surface area (Å²) in [6, 6.07) is 6.21. The van der Waals surface area contributed by atoms with Crippen molar-refractivity contribution >= 4 is 5.95 Å². The summed E-state index contributed by atoms with van der Waals surface area (Å²) in [5.41, 5.74) is 2.52. The van der Waals surface area contributed by atoms with Crippen molar-refractivity contribution in [2.45, 2.75) is 25.7 Å². The Hall–Kier alpha value is -1.97. The van der Waals surface area contributed by atoms with Crippen LogP contribution in [0.4, 0.5) is 5.95 Å². The van der Waals surface area contributed by atoms with Gasteiger partial charge in [0.25, 0.3) is 0 Å². The molecule has 0 aromatic carbocycles. The van der Waals surface area contributed by atoms with Crippen LogP contribution in [-0.2, 0) is 0 Å². The fourth-order valence-electron chi connectivity index (χ4n) is 2.69. The fourth-order valence-corrected chi connectivity index (χ4v) is 2.69. The number of piperidine rings is 1. The van der Waals surface area contributed by atoms with Crippen molar-refractivity contribution in [3.63, 3.8) is 0 Å². The summed E-state index contributed by atoms with van der Waals surface area (Å²) in [5, 5.41) is 0. The van der Waals surface area contributed by atoms with Crippen LogP contribution in [0.25, 0.3) is 0 Å². The van der Waals surface area contributed by atoms with E-state index in [2.05, 4.69) is 38.9 Å². The zero-order valence-electron chi connectivity index (χ0n) is 11.2. The molecule has 4 nitrogen and oxygen atoms in total. The summed E-state index contributed by atoms with van der Waals surface area (Å²) in [6.07, 6.45) is 7.84. The summed E-state index contributed by atoms with van der Waals surface area (Å²) in [4.78, 5) is 15.2. The largest absolute Gasteiger partial charge is 0.341 e. The van der Waals surface area contributed by atoms with Gasteiger partial charge >= 0.3 is 0 Å². The molecule has 0 amide bonds. The SMILES string of the molecule is Cc1cc(C2CCN(c3ncccn3)CC2)ccn1. The Labute approximate surface area is 113 Å². The maximum absolute atomic E-state index is 4.32. The number of hydrogen-bond donors (Lipinski definition) is 0. The molecule has 0 spiro atoms. The van der Waals surface area contributed by atoms with Crippen LogP contribution in [0.2, 0.25) is 0 Å². The third kappa shape index (κ3) is 2.72. The molecule has 0 bridgehead atoms. The smallest absolute Gasteiger partial charge is 0.225 e. The Kier molecular flexibility index (Phi) is 3.40. The zero-order valence-corrected chi connectivity index (χ0v) is 11.2. The van der Waals surface area contributed by atoms with Crippen LogP contribution in [0.15, 0.2) is 36.8 Å². The first-order chi connectivity index (χ1) is 9.33. The lowest BCUT2D eigenvalue weighted by Crippen LogP contribution is -2.34. The number of aromatic nitrogens is 3. The molecule has 2 aromatic rings. The minimum Gasteiger partial charge on any atom is -0.341 e. The molecular formula is C15H18N4. The van der Waals surface area contributed by atoms with Gasteiger partial charge in [0.2, 0.25) is 5.95 Å². The molecule has 1 aliphatic heterocycles. The number of pyridine rings is 1. The van der Waals surface area contributed by atoms with Crippen LogP contribution in [0.1, 0.15) is 30.0 Å². The van der Waals surface area contributed by atoms with E-state index in [1.165, 1.54) is 5.56 Å². The molecule has 19 heavy (non-hydrogen) atoms. The first kappa shape index (κ1) is 12.1.